The Labute approximate surface area is 135 Å². The first-order chi connectivity index (χ1) is 11.2. The Morgan fingerprint density at radius 2 is 2.22 bits per heavy atom. The van der Waals surface area contributed by atoms with Crippen molar-refractivity contribution in [3.63, 3.8) is 0 Å². The predicted octanol–water partition coefficient (Wildman–Crippen LogP) is 1.64. The van der Waals surface area contributed by atoms with Gasteiger partial charge in [0.2, 0.25) is 5.91 Å². The quantitative estimate of drug-likeness (QED) is 0.877. The van der Waals surface area contributed by atoms with Crippen LogP contribution in [0.25, 0.3) is 11.3 Å². The van der Waals surface area contributed by atoms with Crippen LogP contribution in [0.5, 0.6) is 0 Å². The van der Waals surface area contributed by atoms with Crippen LogP contribution in [-0.2, 0) is 16.1 Å². The molecular formula is C17H21N3O3. The molecule has 1 aliphatic rings. The Morgan fingerprint density at radius 1 is 1.39 bits per heavy atom. The maximum atomic E-state index is 11.9. The van der Waals surface area contributed by atoms with Gasteiger partial charge < -0.3 is 19.9 Å². The van der Waals surface area contributed by atoms with Crippen molar-refractivity contribution in [1.29, 1.82) is 0 Å². The molecule has 6 heteroatoms. The van der Waals surface area contributed by atoms with Gasteiger partial charge in [0, 0.05) is 24.7 Å². The van der Waals surface area contributed by atoms with Crippen LogP contribution >= 0.6 is 0 Å². The van der Waals surface area contributed by atoms with Crippen molar-refractivity contribution in [3.05, 3.63) is 41.6 Å². The van der Waals surface area contributed by atoms with Crippen LogP contribution in [-0.4, -0.2) is 36.9 Å². The predicted molar refractivity (Wildman–Crippen MR) is 85.7 cm³/mol. The largest absolute Gasteiger partial charge is 0.375 e. The van der Waals surface area contributed by atoms with E-state index in [0.717, 1.165) is 18.7 Å². The minimum absolute atomic E-state index is 0.0430. The Hall–Kier alpha value is -2.18. The van der Waals surface area contributed by atoms with Gasteiger partial charge in [-0.1, -0.05) is 35.0 Å². The van der Waals surface area contributed by atoms with Crippen LogP contribution in [0.2, 0.25) is 0 Å². The number of benzene rings is 1. The Balaban J connectivity index is 1.50. The number of carbonyl (C=O) groups is 1. The lowest BCUT2D eigenvalue weighted by atomic mass is 10.1. The number of nitrogens with one attached hydrogen (secondary N) is 2. The first-order valence-corrected chi connectivity index (χ1v) is 7.82. The molecule has 0 unspecified atom stereocenters. The van der Waals surface area contributed by atoms with E-state index in [9.17, 15) is 4.79 Å². The monoisotopic (exact) mass is 315 g/mol. The molecule has 122 valence electrons. The molecule has 1 aromatic heterocycles. The molecule has 0 spiro atoms. The molecule has 1 amide bonds. The van der Waals surface area contributed by atoms with Crippen LogP contribution < -0.4 is 10.6 Å². The molecule has 23 heavy (non-hydrogen) atoms. The molecule has 1 saturated heterocycles. The van der Waals surface area contributed by atoms with Crippen LogP contribution in [0.1, 0.15) is 17.7 Å². The summed E-state index contributed by atoms with van der Waals surface area (Å²) in [6.07, 6.45) is 0.305. The molecule has 0 radical (unpaired) electrons. The van der Waals surface area contributed by atoms with Gasteiger partial charge in [0.05, 0.1) is 25.7 Å². The van der Waals surface area contributed by atoms with E-state index in [-0.39, 0.29) is 12.0 Å². The lowest BCUT2D eigenvalue weighted by Gasteiger charge is -2.22. The molecule has 1 fully saturated rings. The first kappa shape index (κ1) is 15.7. The fraction of sp³-hybridized carbons (Fsp3) is 0.412. The van der Waals surface area contributed by atoms with E-state index in [2.05, 4.69) is 15.8 Å². The van der Waals surface area contributed by atoms with E-state index >= 15 is 0 Å². The molecule has 6 nitrogen and oxygen atoms in total. The minimum atomic E-state index is -0.0517. The third-order valence-electron chi connectivity index (χ3n) is 3.78. The van der Waals surface area contributed by atoms with E-state index in [1.54, 1.807) is 0 Å². The summed E-state index contributed by atoms with van der Waals surface area (Å²) in [4.78, 5) is 11.9. The van der Waals surface area contributed by atoms with Gasteiger partial charge in [-0.3, -0.25) is 4.79 Å². The molecule has 0 aliphatic carbocycles. The van der Waals surface area contributed by atoms with Gasteiger partial charge >= 0.3 is 0 Å². The first-order valence-electron chi connectivity index (χ1n) is 7.82. The van der Waals surface area contributed by atoms with E-state index in [1.165, 1.54) is 5.56 Å². The summed E-state index contributed by atoms with van der Waals surface area (Å²) in [7, 11) is 0. The summed E-state index contributed by atoms with van der Waals surface area (Å²) in [6.45, 7) is 4.61. The van der Waals surface area contributed by atoms with Crippen molar-refractivity contribution < 1.29 is 14.1 Å². The fourth-order valence-corrected chi connectivity index (χ4v) is 2.47. The zero-order valence-corrected chi connectivity index (χ0v) is 13.2. The molecular weight excluding hydrogens is 294 g/mol. The van der Waals surface area contributed by atoms with Gasteiger partial charge in [0.25, 0.3) is 0 Å². The highest BCUT2D eigenvalue weighted by molar-refractivity contribution is 5.76. The lowest BCUT2D eigenvalue weighted by molar-refractivity contribution is -0.124. The van der Waals surface area contributed by atoms with Gasteiger partial charge in [-0.2, -0.15) is 0 Å². The van der Waals surface area contributed by atoms with Gasteiger partial charge in [-0.15, -0.1) is 0 Å². The second kappa shape index (κ2) is 7.39. The van der Waals surface area contributed by atoms with Gasteiger partial charge in [-0.05, 0) is 6.92 Å². The lowest BCUT2D eigenvalue weighted by Crippen LogP contribution is -2.41. The summed E-state index contributed by atoms with van der Waals surface area (Å²) >= 11 is 0. The molecule has 0 bridgehead atoms. The zero-order chi connectivity index (χ0) is 16.1. The number of amides is 1. The third kappa shape index (κ3) is 4.40. The average Bonchev–Trinajstić information content (AvgIpc) is 3.04. The van der Waals surface area contributed by atoms with Crippen molar-refractivity contribution in [2.75, 3.05) is 19.7 Å². The van der Waals surface area contributed by atoms with E-state index in [0.29, 0.717) is 31.0 Å². The summed E-state index contributed by atoms with van der Waals surface area (Å²) in [5.74, 6) is 0.660. The second-order valence-electron chi connectivity index (χ2n) is 5.73. The molecule has 1 aromatic carbocycles. The smallest absolute Gasteiger partial charge is 0.222 e. The number of rotatable bonds is 5. The fourth-order valence-electron chi connectivity index (χ4n) is 2.47. The topological polar surface area (TPSA) is 76.4 Å². The molecule has 0 saturated carbocycles. The van der Waals surface area contributed by atoms with E-state index in [4.69, 9.17) is 9.26 Å². The molecule has 1 aliphatic heterocycles. The molecule has 3 rings (SSSR count). The highest BCUT2D eigenvalue weighted by atomic mass is 16.5. The Morgan fingerprint density at radius 3 is 2.96 bits per heavy atom. The summed E-state index contributed by atoms with van der Waals surface area (Å²) in [5, 5.41) is 10.1. The van der Waals surface area contributed by atoms with E-state index in [1.807, 2.05) is 37.3 Å². The van der Waals surface area contributed by atoms with Crippen molar-refractivity contribution in [2.45, 2.75) is 26.0 Å². The van der Waals surface area contributed by atoms with Crippen molar-refractivity contribution in [1.82, 2.24) is 15.8 Å². The zero-order valence-electron chi connectivity index (χ0n) is 13.2. The number of ether oxygens (including phenoxy) is 1. The van der Waals surface area contributed by atoms with Gasteiger partial charge in [0.15, 0.2) is 5.76 Å². The van der Waals surface area contributed by atoms with Crippen LogP contribution in [0, 0.1) is 6.92 Å². The molecule has 2 aromatic rings. The maximum Gasteiger partial charge on any atom is 0.222 e. The van der Waals surface area contributed by atoms with Crippen molar-refractivity contribution in [3.8, 4) is 11.3 Å². The maximum absolute atomic E-state index is 11.9. The molecule has 2 heterocycles. The minimum Gasteiger partial charge on any atom is -0.375 e. The normalized spacial score (nSPS) is 17.9. The molecule has 1 atom stereocenters. The van der Waals surface area contributed by atoms with Gasteiger partial charge in [0.1, 0.15) is 5.69 Å². The van der Waals surface area contributed by atoms with Crippen LogP contribution in [0.15, 0.2) is 34.9 Å². The van der Waals surface area contributed by atoms with Crippen LogP contribution in [0.4, 0.5) is 0 Å². The number of aromatic nitrogens is 1. The highest BCUT2D eigenvalue weighted by Crippen LogP contribution is 2.20. The SMILES string of the molecule is Cc1ccc(-c2cc(CNC(=O)C[C@H]3CNCCO3)no2)cc1. The Kier molecular flexibility index (Phi) is 5.05. The summed E-state index contributed by atoms with van der Waals surface area (Å²) < 4.78 is 10.9. The third-order valence-corrected chi connectivity index (χ3v) is 3.78. The summed E-state index contributed by atoms with van der Waals surface area (Å²) in [6, 6.07) is 9.88. The van der Waals surface area contributed by atoms with Crippen LogP contribution in [0.3, 0.4) is 0 Å². The summed E-state index contributed by atoms with van der Waals surface area (Å²) in [5.41, 5.74) is 2.87. The number of nitrogens with zero attached hydrogens (tertiary/aromatic N) is 1. The standard InChI is InChI=1S/C17H21N3O3/c1-12-2-4-13(5-3-12)16-8-14(20-23-16)10-19-17(21)9-15-11-18-6-7-22-15/h2-5,8,15,18H,6-7,9-11H2,1H3,(H,19,21)/t15-/m0/s1. The number of hydrogen-bond donors (Lipinski definition) is 2. The number of carbonyl (C=O) groups excluding carboxylic acids is 1. The Bertz CT molecular complexity index is 645. The number of aryl methyl sites for hydroxylation is 1. The van der Waals surface area contributed by atoms with E-state index < -0.39 is 0 Å². The second-order valence-corrected chi connectivity index (χ2v) is 5.73. The molecule has 2 N–H and O–H groups in total. The van der Waals surface area contributed by atoms with Crippen molar-refractivity contribution >= 4 is 5.91 Å². The number of hydrogen-bond acceptors (Lipinski definition) is 5. The van der Waals surface area contributed by atoms with Gasteiger partial charge in [-0.25, -0.2) is 0 Å². The number of morpholine rings is 1. The highest BCUT2D eigenvalue weighted by Gasteiger charge is 2.17. The average molecular weight is 315 g/mol. The van der Waals surface area contributed by atoms with Crippen molar-refractivity contribution in [2.24, 2.45) is 0 Å².